The molecule has 0 amide bonds. The van der Waals surface area contributed by atoms with Gasteiger partial charge in [-0.3, -0.25) is 9.78 Å². The van der Waals surface area contributed by atoms with Crippen molar-refractivity contribution in [2.45, 2.75) is 32.8 Å². The minimum atomic E-state index is -0.166. The lowest BCUT2D eigenvalue weighted by Gasteiger charge is -2.17. The second-order valence-corrected chi connectivity index (χ2v) is 9.46. The van der Waals surface area contributed by atoms with E-state index in [0.29, 0.717) is 31.4 Å². The van der Waals surface area contributed by atoms with Gasteiger partial charge >= 0.3 is 0 Å². The summed E-state index contributed by atoms with van der Waals surface area (Å²) in [7, 11) is 1.94. The van der Waals surface area contributed by atoms with Gasteiger partial charge in [0.05, 0.1) is 47.9 Å². The smallest absolute Gasteiger partial charge is 0.217 e. The molecule has 9 nitrogen and oxygen atoms in total. The lowest BCUT2D eigenvalue weighted by molar-refractivity contribution is 0.0374. The fraction of sp³-hybridized carbons (Fsp3) is 0.444. The molecule has 3 aromatic rings. The summed E-state index contributed by atoms with van der Waals surface area (Å²) in [6, 6.07) is 6.25. The highest BCUT2D eigenvalue weighted by molar-refractivity contribution is 5.99. The van der Waals surface area contributed by atoms with Crippen LogP contribution < -0.4 is 5.73 Å². The number of rotatable bonds is 3. The van der Waals surface area contributed by atoms with Crippen molar-refractivity contribution in [1.29, 1.82) is 0 Å². The van der Waals surface area contributed by atoms with Gasteiger partial charge in [0.1, 0.15) is 6.61 Å². The average molecular weight is 490 g/mol. The topological polar surface area (TPSA) is 107 Å². The van der Waals surface area contributed by atoms with Gasteiger partial charge in [-0.1, -0.05) is 6.07 Å². The second-order valence-electron chi connectivity index (χ2n) is 9.46. The van der Waals surface area contributed by atoms with Crippen molar-refractivity contribution < 1.29 is 9.47 Å². The van der Waals surface area contributed by atoms with Gasteiger partial charge in [0.25, 0.3) is 0 Å². The lowest BCUT2D eigenvalue weighted by Crippen LogP contribution is -2.23. The van der Waals surface area contributed by atoms with E-state index >= 15 is 0 Å². The fourth-order valence-electron chi connectivity index (χ4n) is 4.96. The molecule has 1 saturated heterocycles. The van der Waals surface area contributed by atoms with Crippen LogP contribution in [0, 0.1) is 0 Å². The third-order valence-corrected chi connectivity index (χ3v) is 6.90. The number of likely N-dealkylation sites (tertiary alicyclic amines) is 1. The van der Waals surface area contributed by atoms with Crippen LogP contribution >= 0.6 is 0 Å². The third-order valence-electron chi connectivity index (χ3n) is 6.90. The molecular formula is C27H35N7O2. The average Bonchev–Trinajstić information content (AvgIpc) is 3.60. The van der Waals surface area contributed by atoms with Crippen LogP contribution in [0.2, 0.25) is 0 Å². The van der Waals surface area contributed by atoms with Crippen LogP contribution in [-0.2, 0) is 16.5 Å². The summed E-state index contributed by atoms with van der Waals surface area (Å²) in [6.07, 6.45) is 8.20. The first-order chi connectivity index (χ1) is 17.5. The first kappa shape index (κ1) is 24.3. The van der Waals surface area contributed by atoms with Crippen molar-refractivity contribution in [2.24, 2.45) is 17.8 Å². The van der Waals surface area contributed by atoms with E-state index in [1.807, 2.05) is 50.0 Å². The lowest BCUT2D eigenvalue weighted by atomic mass is 10.0. The van der Waals surface area contributed by atoms with Crippen molar-refractivity contribution in [3.63, 3.8) is 0 Å². The molecule has 1 aromatic carbocycles. The minimum Gasteiger partial charge on any atom is -0.475 e. The molecule has 3 N–H and O–H groups in total. The number of benzene rings is 1. The largest absolute Gasteiger partial charge is 0.475 e. The second kappa shape index (κ2) is 10.7. The van der Waals surface area contributed by atoms with Crippen molar-refractivity contribution in [2.75, 3.05) is 39.4 Å². The Labute approximate surface area is 211 Å². The molecule has 0 radical (unpaired) electrons. The Morgan fingerprint density at radius 2 is 2.06 bits per heavy atom. The zero-order valence-corrected chi connectivity index (χ0v) is 21.3. The van der Waals surface area contributed by atoms with Crippen molar-refractivity contribution in [3.05, 3.63) is 53.1 Å². The number of aromatic nitrogens is 4. The molecular weight excluding hydrogens is 454 g/mol. The number of ether oxygens (including phenoxy) is 2. The van der Waals surface area contributed by atoms with Crippen LogP contribution in [0.3, 0.4) is 0 Å². The summed E-state index contributed by atoms with van der Waals surface area (Å²) in [5.74, 6) is 0.544. The molecule has 2 aliphatic heterocycles. The Bertz CT molecular complexity index is 1310. The summed E-state index contributed by atoms with van der Waals surface area (Å²) in [4.78, 5) is 7.27. The minimum absolute atomic E-state index is 0.166. The zero-order chi connectivity index (χ0) is 25.1. The number of aryl methyl sites for hydroxylation is 1. The summed E-state index contributed by atoms with van der Waals surface area (Å²) < 4.78 is 14.2. The van der Waals surface area contributed by atoms with Gasteiger partial charge in [-0.15, -0.1) is 0 Å². The van der Waals surface area contributed by atoms with Gasteiger partial charge in [-0.05, 0) is 69.6 Å². The highest BCUT2D eigenvalue weighted by atomic mass is 16.5. The van der Waals surface area contributed by atoms with Crippen LogP contribution in [0.4, 0.5) is 0 Å². The first-order valence-electron chi connectivity index (χ1n) is 12.7. The first-order valence-corrected chi connectivity index (χ1v) is 12.7. The monoisotopic (exact) mass is 489 g/mol. The Balaban J connectivity index is 1.53. The van der Waals surface area contributed by atoms with Gasteiger partial charge in [0.2, 0.25) is 5.90 Å². The number of H-pyrrole nitrogens is 1. The van der Waals surface area contributed by atoms with Crippen LogP contribution in [-0.4, -0.2) is 70.2 Å². The summed E-state index contributed by atoms with van der Waals surface area (Å²) in [5.41, 5.74) is 12.6. The number of nitrogens with zero attached hydrogens (tertiary/aromatic N) is 5. The highest BCUT2D eigenvalue weighted by Crippen LogP contribution is 2.32. The van der Waals surface area contributed by atoms with E-state index < -0.39 is 0 Å². The highest BCUT2D eigenvalue weighted by Gasteiger charge is 2.20. The number of hydrogen-bond donors (Lipinski definition) is 2. The fourth-order valence-corrected chi connectivity index (χ4v) is 4.96. The van der Waals surface area contributed by atoms with Gasteiger partial charge < -0.3 is 20.1 Å². The van der Waals surface area contributed by atoms with Crippen molar-refractivity contribution in [3.8, 4) is 11.1 Å². The van der Waals surface area contributed by atoms with E-state index in [-0.39, 0.29) is 6.10 Å². The van der Waals surface area contributed by atoms with Crippen LogP contribution in [0.1, 0.15) is 44.2 Å². The molecule has 1 atom stereocenters. The number of nitrogens with one attached hydrogen (secondary N) is 1. The maximum atomic E-state index is 6.32. The number of fused-ring (bicyclic) bond motifs is 3. The molecule has 190 valence electrons. The predicted octanol–water partition coefficient (Wildman–Crippen LogP) is 3.81. The Morgan fingerprint density at radius 3 is 2.86 bits per heavy atom. The maximum absolute atomic E-state index is 6.32. The Hall–Kier alpha value is -3.43. The van der Waals surface area contributed by atoms with Crippen molar-refractivity contribution in [1.82, 2.24) is 24.9 Å². The Morgan fingerprint density at radius 1 is 1.22 bits per heavy atom. The van der Waals surface area contributed by atoms with Gasteiger partial charge in [0.15, 0.2) is 0 Å². The molecule has 36 heavy (non-hydrogen) atoms. The van der Waals surface area contributed by atoms with E-state index in [2.05, 4.69) is 32.3 Å². The molecule has 9 heteroatoms. The standard InChI is InChI=1S/C27H35N7O2/c1-18(28)21-7-9-25-22-16-20(6-8-24(22)31-32-25)23-17-30-33(3)26(23)19(2)35-14-15-36-27(21)29-10-13-34-11-4-5-12-34/h6-9,16-17,19H,4-5,10-15,28H2,1-3H3,(H,31,32)/b9-7+,21-18-,29-27?. The molecule has 5 rings (SSSR count). The molecule has 1 unspecified atom stereocenters. The van der Waals surface area contributed by atoms with Crippen molar-refractivity contribution >= 4 is 22.9 Å². The van der Waals surface area contributed by atoms with Gasteiger partial charge in [-0.2, -0.15) is 10.2 Å². The van der Waals surface area contributed by atoms with E-state index in [4.69, 9.17) is 20.2 Å². The summed E-state index contributed by atoms with van der Waals surface area (Å²) in [5, 5.41) is 13.2. The summed E-state index contributed by atoms with van der Waals surface area (Å²) >= 11 is 0. The number of hydrogen-bond acceptors (Lipinski definition) is 7. The van der Waals surface area contributed by atoms with Gasteiger partial charge in [-0.25, -0.2) is 4.99 Å². The van der Waals surface area contributed by atoms with Crippen LogP contribution in [0.25, 0.3) is 28.1 Å². The number of nitrogens with two attached hydrogens (primary N) is 1. The van der Waals surface area contributed by atoms with E-state index in [9.17, 15) is 0 Å². The number of aromatic amines is 1. The molecule has 0 aliphatic carbocycles. The molecule has 0 spiro atoms. The molecule has 2 aromatic heterocycles. The molecule has 4 heterocycles. The normalized spacial score (nSPS) is 22.9. The van der Waals surface area contributed by atoms with E-state index in [1.165, 1.54) is 12.8 Å². The SMILES string of the molecule is C/C(N)=C1\C=C\c2[nH]nc3ccc(cc23)-c2cnn(C)c2C(C)OCCOC1=NCCN1CCCC1. The summed E-state index contributed by atoms with van der Waals surface area (Å²) in [6.45, 7) is 8.55. The Kier molecular flexibility index (Phi) is 7.20. The maximum Gasteiger partial charge on any atom is 0.217 e. The number of aliphatic imine (C=N–C) groups is 1. The molecule has 2 aliphatic rings. The van der Waals surface area contributed by atoms with Crippen LogP contribution in [0.15, 0.2) is 46.7 Å². The zero-order valence-electron chi connectivity index (χ0n) is 21.3. The van der Waals surface area contributed by atoms with E-state index in [1.54, 1.807) is 0 Å². The van der Waals surface area contributed by atoms with Gasteiger partial charge in [0, 0.05) is 30.2 Å². The quantitative estimate of drug-likeness (QED) is 0.579. The molecule has 2 bridgehead atoms. The van der Waals surface area contributed by atoms with E-state index in [0.717, 1.165) is 58.6 Å². The molecule has 1 fully saturated rings. The third kappa shape index (κ3) is 5.08. The van der Waals surface area contributed by atoms with Crippen LogP contribution in [0.5, 0.6) is 0 Å². The molecule has 0 saturated carbocycles. The number of allylic oxidation sites excluding steroid dienone is 1. The predicted molar refractivity (Wildman–Crippen MR) is 143 cm³/mol.